The standard InChI is InChI=1S/C18H21ClN4O/c1-12-4-3-7-23(11-12)18(24)14-8-16(19)17(21-9-14)22-15-6-5-13(2)20-10-15/h5-6,8-10,12H,3-4,7,11H2,1-2H3,(H,21,22)/t12-/m1/s1. The van der Waals surface area contributed by atoms with Gasteiger partial charge in [0.25, 0.3) is 5.91 Å². The van der Waals surface area contributed by atoms with E-state index < -0.39 is 0 Å². The van der Waals surface area contributed by atoms with Gasteiger partial charge in [0.05, 0.1) is 22.5 Å². The number of pyridine rings is 2. The molecule has 1 amide bonds. The highest BCUT2D eigenvalue weighted by atomic mass is 35.5. The van der Waals surface area contributed by atoms with Crippen molar-refractivity contribution >= 4 is 29.0 Å². The number of halogens is 1. The lowest BCUT2D eigenvalue weighted by Crippen LogP contribution is -2.39. The smallest absolute Gasteiger partial charge is 0.255 e. The highest BCUT2D eigenvalue weighted by Crippen LogP contribution is 2.25. The highest BCUT2D eigenvalue weighted by molar-refractivity contribution is 6.33. The fourth-order valence-corrected chi connectivity index (χ4v) is 3.10. The van der Waals surface area contributed by atoms with Gasteiger partial charge in [-0.25, -0.2) is 4.98 Å². The molecule has 3 rings (SSSR count). The molecule has 1 aliphatic heterocycles. The van der Waals surface area contributed by atoms with E-state index in [0.29, 0.717) is 22.3 Å². The van der Waals surface area contributed by atoms with E-state index in [-0.39, 0.29) is 5.91 Å². The minimum absolute atomic E-state index is 0.000461. The van der Waals surface area contributed by atoms with Crippen molar-refractivity contribution < 1.29 is 4.79 Å². The van der Waals surface area contributed by atoms with Crippen LogP contribution in [-0.2, 0) is 0 Å². The Morgan fingerprint density at radius 2 is 2.17 bits per heavy atom. The van der Waals surface area contributed by atoms with Crippen molar-refractivity contribution in [1.29, 1.82) is 0 Å². The first kappa shape index (κ1) is 16.7. The molecule has 1 fully saturated rings. The van der Waals surface area contributed by atoms with Crippen LogP contribution in [0.4, 0.5) is 11.5 Å². The maximum absolute atomic E-state index is 12.6. The van der Waals surface area contributed by atoms with Crippen molar-refractivity contribution in [3.05, 3.63) is 46.9 Å². The van der Waals surface area contributed by atoms with Crippen molar-refractivity contribution in [2.75, 3.05) is 18.4 Å². The summed E-state index contributed by atoms with van der Waals surface area (Å²) in [5.41, 5.74) is 2.27. The summed E-state index contributed by atoms with van der Waals surface area (Å²) in [6.45, 7) is 5.70. The van der Waals surface area contributed by atoms with E-state index in [2.05, 4.69) is 22.2 Å². The van der Waals surface area contributed by atoms with Gasteiger partial charge in [-0.05, 0) is 43.9 Å². The topological polar surface area (TPSA) is 58.1 Å². The summed E-state index contributed by atoms with van der Waals surface area (Å²) in [4.78, 5) is 23.0. The lowest BCUT2D eigenvalue weighted by Gasteiger charge is -2.31. The predicted octanol–water partition coefficient (Wildman–Crippen LogP) is 4.05. The second-order valence-corrected chi connectivity index (χ2v) is 6.77. The number of aromatic nitrogens is 2. The fourth-order valence-electron chi connectivity index (χ4n) is 2.88. The quantitative estimate of drug-likeness (QED) is 0.912. The molecule has 0 bridgehead atoms. The Kier molecular flexibility index (Phi) is 5.00. The van der Waals surface area contributed by atoms with E-state index in [1.165, 1.54) is 6.42 Å². The van der Waals surface area contributed by atoms with Crippen LogP contribution in [0.3, 0.4) is 0 Å². The summed E-state index contributed by atoms with van der Waals surface area (Å²) in [6.07, 6.45) is 5.53. The average molecular weight is 345 g/mol. The van der Waals surface area contributed by atoms with Crippen LogP contribution in [0.5, 0.6) is 0 Å². The number of aryl methyl sites for hydroxylation is 1. The van der Waals surface area contributed by atoms with E-state index in [1.54, 1.807) is 18.5 Å². The molecule has 0 radical (unpaired) electrons. The molecule has 6 heteroatoms. The van der Waals surface area contributed by atoms with Gasteiger partial charge in [0.15, 0.2) is 0 Å². The summed E-state index contributed by atoms with van der Waals surface area (Å²) < 4.78 is 0. The summed E-state index contributed by atoms with van der Waals surface area (Å²) in [5, 5.41) is 3.54. The third kappa shape index (κ3) is 3.85. The number of anilines is 2. The molecule has 5 nitrogen and oxygen atoms in total. The van der Waals surface area contributed by atoms with Crippen LogP contribution < -0.4 is 5.32 Å². The Hall–Kier alpha value is -2.14. The summed E-state index contributed by atoms with van der Waals surface area (Å²) in [7, 11) is 0. The molecule has 1 N–H and O–H groups in total. The SMILES string of the molecule is Cc1ccc(Nc2ncc(C(=O)N3CCC[C@@H](C)C3)cc2Cl)cn1. The number of nitrogens with one attached hydrogen (secondary N) is 1. The molecule has 1 aliphatic rings. The minimum atomic E-state index is -0.000461. The lowest BCUT2D eigenvalue weighted by atomic mass is 10.00. The Bertz CT molecular complexity index is 732. The summed E-state index contributed by atoms with van der Waals surface area (Å²) in [5.74, 6) is 1.06. The van der Waals surface area contributed by atoms with Gasteiger partial charge in [-0.2, -0.15) is 0 Å². The number of rotatable bonds is 3. The molecule has 0 unspecified atom stereocenters. The molecular formula is C18H21ClN4O. The van der Waals surface area contributed by atoms with Gasteiger partial charge in [0.2, 0.25) is 0 Å². The third-order valence-corrected chi connectivity index (χ3v) is 4.49. The first-order chi connectivity index (χ1) is 11.5. The van der Waals surface area contributed by atoms with Crippen LogP contribution in [0, 0.1) is 12.8 Å². The minimum Gasteiger partial charge on any atom is -0.338 e. The Labute approximate surface area is 147 Å². The molecule has 3 heterocycles. The largest absolute Gasteiger partial charge is 0.338 e. The normalized spacial score (nSPS) is 17.6. The zero-order valence-corrected chi connectivity index (χ0v) is 14.7. The van der Waals surface area contributed by atoms with Crippen LogP contribution in [-0.4, -0.2) is 33.9 Å². The van der Waals surface area contributed by atoms with Crippen LogP contribution in [0.15, 0.2) is 30.6 Å². The van der Waals surface area contributed by atoms with Crippen molar-refractivity contribution in [1.82, 2.24) is 14.9 Å². The van der Waals surface area contributed by atoms with E-state index in [0.717, 1.165) is 30.9 Å². The molecule has 0 aliphatic carbocycles. The van der Waals surface area contributed by atoms with Crippen LogP contribution in [0.25, 0.3) is 0 Å². The Balaban J connectivity index is 1.74. The molecular weight excluding hydrogens is 324 g/mol. The fraction of sp³-hybridized carbons (Fsp3) is 0.389. The van der Waals surface area contributed by atoms with E-state index >= 15 is 0 Å². The second kappa shape index (κ2) is 7.18. The zero-order chi connectivity index (χ0) is 17.1. The maximum Gasteiger partial charge on any atom is 0.255 e. The highest BCUT2D eigenvalue weighted by Gasteiger charge is 2.22. The number of carbonyl (C=O) groups is 1. The first-order valence-corrected chi connectivity index (χ1v) is 8.55. The monoisotopic (exact) mass is 344 g/mol. The predicted molar refractivity (Wildman–Crippen MR) is 95.8 cm³/mol. The first-order valence-electron chi connectivity index (χ1n) is 8.17. The molecule has 0 saturated carbocycles. The molecule has 0 aromatic carbocycles. The number of amides is 1. The molecule has 126 valence electrons. The number of hydrogen-bond donors (Lipinski definition) is 1. The molecule has 1 atom stereocenters. The molecule has 0 spiro atoms. The maximum atomic E-state index is 12.6. The second-order valence-electron chi connectivity index (χ2n) is 6.37. The van der Waals surface area contributed by atoms with Gasteiger partial charge in [0.1, 0.15) is 5.82 Å². The Morgan fingerprint density at radius 1 is 1.33 bits per heavy atom. The van der Waals surface area contributed by atoms with Crippen molar-refractivity contribution in [3.63, 3.8) is 0 Å². The summed E-state index contributed by atoms with van der Waals surface area (Å²) in [6, 6.07) is 5.50. The molecule has 1 saturated heterocycles. The van der Waals surface area contributed by atoms with Crippen LogP contribution in [0.1, 0.15) is 35.8 Å². The number of nitrogens with zero attached hydrogens (tertiary/aromatic N) is 3. The average Bonchev–Trinajstić information content (AvgIpc) is 2.58. The third-order valence-electron chi connectivity index (χ3n) is 4.21. The van der Waals surface area contributed by atoms with Gasteiger partial charge in [0, 0.05) is 25.0 Å². The number of hydrogen-bond acceptors (Lipinski definition) is 4. The van der Waals surface area contributed by atoms with Crippen molar-refractivity contribution in [2.45, 2.75) is 26.7 Å². The molecule has 2 aromatic heterocycles. The number of carbonyl (C=O) groups excluding carboxylic acids is 1. The van der Waals surface area contributed by atoms with Gasteiger partial charge in [-0.15, -0.1) is 0 Å². The molecule has 2 aromatic rings. The zero-order valence-electron chi connectivity index (χ0n) is 13.9. The van der Waals surface area contributed by atoms with Crippen molar-refractivity contribution in [3.8, 4) is 0 Å². The lowest BCUT2D eigenvalue weighted by molar-refractivity contribution is 0.0682. The Morgan fingerprint density at radius 3 is 2.83 bits per heavy atom. The molecule has 24 heavy (non-hydrogen) atoms. The van der Waals surface area contributed by atoms with Crippen molar-refractivity contribution in [2.24, 2.45) is 5.92 Å². The summed E-state index contributed by atoms with van der Waals surface area (Å²) >= 11 is 6.31. The van der Waals surface area contributed by atoms with Gasteiger partial charge in [-0.1, -0.05) is 18.5 Å². The van der Waals surface area contributed by atoms with E-state index in [4.69, 9.17) is 11.6 Å². The van der Waals surface area contributed by atoms with Gasteiger partial charge < -0.3 is 10.2 Å². The van der Waals surface area contributed by atoms with Crippen LogP contribution in [0.2, 0.25) is 5.02 Å². The van der Waals surface area contributed by atoms with Crippen LogP contribution >= 0.6 is 11.6 Å². The number of likely N-dealkylation sites (tertiary alicyclic amines) is 1. The number of piperidine rings is 1. The van der Waals surface area contributed by atoms with Gasteiger partial charge in [-0.3, -0.25) is 9.78 Å². The van der Waals surface area contributed by atoms with E-state index in [1.807, 2.05) is 24.0 Å². The van der Waals surface area contributed by atoms with E-state index in [9.17, 15) is 4.79 Å². The van der Waals surface area contributed by atoms with Gasteiger partial charge >= 0.3 is 0 Å².